The van der Waals surface area contributed by atoms with E-state index in [2.05, 4.69) is 16.0 Å². The first-order chi connectivity index (χ1) is 11.4. The SMILES string of the molecule is Cc1ccc(NC(=O)CNC(=O)C(=O)Nc2ccc(F)cc2)cc1. The number of aryl methyl sites for hydroxylation is 1. The van der Waals surface area contributed by atoms with Crippen LogP contribution in [-0.4, -0.2) is 24.3 Å². The number of anilines is 2. The molecule has 0 aliphatic carbocycles. The van der Waals surface area contributed by atoms with Crippen LogP contribution in [0.3, 0.4) is 0 Å². The van der Waals surface area contributed by atoms with Gasteiger partial charge in [0.1, 0.15) is 5.82 Å². The van der Waals surface area contributed by atoms with E-state index in [1.165, 1.54) is 12.1 Å². The smallest absolute Gasteiger partial charge is 0.313 e. The van der Waals surface area contributed by atoms with Gasteiger partial charge in [0.05, 0.1) is 6.54 Å². The van der Waals surface area contributed by atoms with Crippen LogP contribution in [0.4, 0.5) is 15.8 Å². The molecule has 0 heterocycles. The van der Waals surface area contributed by atoms with E-state index in [0.717, 1.165) is 17.7 Å². The fourth-order valence-corrected chi connectivity index (χ4v) is 1.80. The number of carbonyl (C=O) groups excluding carboxylic acids is 3. The van der Waals surface area contributed by atoms with E-state index in [4.69, 9.17) is 0 Å². The highest BCUT2D eigenvalue weighted by molar-refractivity contribution is 6.39. The molecular weight excluding hydrogens is 313 g/mol. The van der Waals surface area contributed by atoms with E-state index >= 15 is 0 Å². The molecule has 0 unspecified atom stereocenters. The van der Waals surface area contributed by atoms with Crippen molar-refractivity contribution < 1.29 is 18.8 Å². The summed E-state index contributed by atoms with van der Waals surface area (Å²) in [7, 11) is 0. The van der Waals surface area contributed by atoms with Gasteiger partial charge in [-0.3, -0.25) is 14.4 Å². The predicted octanol–water partition coefficient (Wildman–Crippen LogP) is 1.83. The Labute approximate surface area is 138 Å². The molecule has 3 amide bonds. The molecule has 24 heavy (non-hydrogen) atoms. The van der Waals surface area contributed by atoms with Gasteiger partial charge < -0.3 is 16.0 Å². The molecule has 0 saturated carbocycles. The van der Waals surface area contributed by atoms with Gasteiger partial charge in [-0.2, -0.15) is 0 Å². The Hall–Kier alpha value is -3.22. The van der Waals surface area contributed by atoms with Crippen molar-refractivity contribution in [3.63, 3.8) is 0 Å². The molecule has 3 N–H and O–H groups in total. The van der Waals surface area contributed by atoms with Gasteiger partial charge in [-0.05, 0) is 43.3 Å². The average Bonchev–Trinajstić information content (AvgIpc) is 2.57. The van der Waals surface area contributed by atoms with Crippen molar-refractivity contribution >= 4 is 29.1 Å². The predicted molar refractivity (Wildman–Crippen MR) is 87.8 cm³/mol. The molecule has 0 radical (unpaired) electrons. The average molecular weight is 329 g/mol. The van der Waals surface area contributed by atoms with Crippen LogP contribution in [0.25, 0.3) is 0 Å². The molecule has 6 nitrogen and oxygen atoms in total. The molecule has 2 aromatic carbocycles. The van der Waals surface area contributed by atoms with Gasteiger partial charge in [0.15, 0.2) is 0 Å². The zero-order chi connectivity index (χ0) is 17.5. The largest absolute Gasteiger partial charge is 0.339 e. The van der Waals surface area contributed by atoms with Crippen molar-refractivity contribution in [3.8, 4) is 0 Å². The van der Waals surface area contributed by atoms with Gasteiger partial charge >= 0.3 is 11.8 Å². The zero-order valence-electron chi connectivity index (χ0n) is 12.9. The van der Waals surface area contributed by atoms with Gasteiger partial charge in [0.2, 0.25) is 5.91 Å². The number of hydrogen-bond donors (Lipinski definition) is 3. The van der Waals surface area contributed by atoms with Gasteiger partial charge in [0.25, 0.3) is 0 Å². The molecule has 2 aromatic rings. The Morgan fingerprint density at radius 3 is 2.00 bits per heavy atom. The Morgan fingerprint density at radius 2 is 1.38 bits per heavy atom. The van der Waals surface area contributed by atoms with Crippen molar-refractivity contribution in [3.05, 3.63) is 59.9 Å². The Bertz CT molecular complexity index is 743. The lowest BCUT2D eigenvalue weighted by Gasteiger charge is -2.08. The monoisotopic (exact) mass is 329 g/mol. The summed E-state index contributed by atoms with van der Waals surface area (Å²) in [5.41, 5.74) is 1.93. The molecule has 0 atom stereocenters. The third-order valence-corrected chi connectivity index (χ3v) is 3.05. The number of amides is 3. The first-order valence-corrected chi connectivity index (χ1v) is 7.15. The fourth-order valence-electron chi connectivity index (χ4n) is 1.80. The standard InChI is InChI=1S/C17H16FN3O3/c1-11-2-6-13(7-3-11)20-15(22)10-19-16(23)17(24)21-14-8-4-12(18)5-9-14/h2-9H,10H2,1H3,(H,19,23)(H,20,22)(H,21,24). The Balaban J connectivity index is 1.79. The summed E-state index contributed by atoms with van der Waals surface area (Å²) < 4.78 is 12.8. The summed E-state index contributed by atoms with van der Waals surface area (Å²) in [5, 5.41) is 7.10. The van der Waals surface area contributed by atoms with Crippen molar-refractivity contribution in [2.24, 2.45) is 0 Å². The van der Waals surface area contributed by atoms with Crippen molar-refractivity contribution in [1.82, 2.24) is 5.32 Å². The second-order valence-corrected chi connectivity index (χ2v) is 5.06. The Morgan fingerprint density at radius 1 is 0.833 bits per heavy atom. The first kappa shape index (κ1) is 17.1. The molecule has 2 rings (SSSR count). The maximum Gasteiger partial charge on any atom is 0.313 e. The molecule has 124 valence electrons. The summed E-state index contributed by atoms with van der Waals surface area (Å²) in [6.45, 7) is 1.58. The minimum Gasteiger partial charge on any atom is -0.339 e. The van der Waals surface area contributed by atoms with E-state index in [1.807, 2.05) is 19.1 Å². The molecule has 0 saturated heterocycles. The number of hydrogen-bond acceptors (Lipinski definition) is 3. The fraction of sp³-hybridized carbons (Fsp3) is 0.118. The van der Waals surface area contributed by atoms with Crippen LogP contribution in [-0.2, 0) is 14.4 Å². The summed E-state index contributed by atoms with van der Waals surface area (Å²) in [6.07, 6.45) is 0. The van der Waals surface area contributed by atoms with Crippen LogP contribution >= 0.6 is 0 Å². The van der Waals surface area contributed by atoms with E-state index in [9.17, 15) is 18.8 Å². The summed E-state index contributed by atoms with van der Waals surface area (Å²) in [4.78, 5) is 35.0. The number of nitrogens with one attached hydrogen (secondary N) is 3. The van der Waals surface area contributed by atoms with Crippen molar-refractivity contribution in [1.29, 1.82) is 0 Å². The van der Waals surface area contributed by atoms with E-state index in [-0.39, 0.29) is 12.2 Å². The van der Waals surface area contributed by atoms with Crippen LogP contribution in [0.2, 0.25) is 0 Å². The van der Waals surface area contributed by atoms with E-state index in [0.29, 0.717) is 5.69 Å². The van der Waals surface area contributed by atoms with Gasteiger partial charge in [-0.1, -0.05) is 17.7 Å². The highest BCUT2D eigenvalue weighted by atomic mass is 19.1. The zero-order valence-corrected chi connectivity index (χ0v) is 12.9. The van der Waals surface area contributed by atoms with Crippen LogP contribution in [0.5, 0.6) is 0 Å². The minimum atomic E-state index is -0.960. The topological polar surface area (TPSA) is 87.3 Å². The number of rotatable bonds is 4. The molecular formula is C17H16FN3O3. The molecule has 0 bridgehead atoms. The molecule has 0 spiro atoms. The molecule has 0 aliphatic heterocycles. The number of carbonyl (C=O) groups is 3. The number of halogens is 1. The third kappa shape index (κ3) is 5.20. The number of benzene rings is 2. The minimum absolute atomic E-state index is 0.278. The lowest BCUT2D eigenvalue weighted by Crippen LogP contribution is -2.39. The van der Waals surface area contributed by atoms with Crippen LogP contribution in [0.15, 0.2) is 48.5 Å². The molecule has 0 fully saturated rings. The van der Waals surface area contributed by atoms with Crippen LogP contribution < -0.4 is 16.0 Å². The normalized spacial score (nSPS) is 9.92. The summed E-state index contributed by atoms with van der Waals surface area (Å²) >= 11 is 0. The van der Waals surface area contributed by atoms with E-state index in [1.54, 1.807) is 12.1 Å². The molecule has 0 aliphatic rings. The van der Waals surface area contributed by atoms with Gasteiger partial charge in [0, 0.05) is 11.4 Å². The summed E-state index contributed by atoms with van der Waals surface area (Å²) in [6, 6.07) is 12.1. The molecule has 0 aromatic heterocycles. The highest BCUT2D eigenvalue weighted by Crippen LogP contribution is 2.08. The second-order valence-electron chi connectivity index (χ2n) is 5.06. The van der Waals surface area contributed by atoms with Crippen LogP contribution in [0.1, 0.15) is 5.56 Å². The Kier molecular flexibility index (Phi) is 5.62. The second kappa shape index (κ2) is 7.87. The third-order valence-electron chi connectivity index (χ3n) is 3.05. The van der Waals surface area contributed by atoms with Crippen molar-refractivity contribution in [2.45, 2.75) is 6.92 Å². The lowest BCUT2D eigenvalue weighted by atomic mass is 10.2. The lowest BCUT2D eigenvalue weighted by molar-refractivity contribution is -0.136. The summed E-state index contributed by atoms with van der Waals surface area (Å²) in [5.74, 6) is -2.81. The maximum absolute atomic E-state index is 12.8. The first-order valence-electron chi connectivity index (χ1n) is 7.15. The van der Waals surface area contributed by atoms with Gasteiger partial charge in [-0.15, -0.1) is 0 Å². The molecule has 7 heteroatoms. The van der Waals surface area contributed by atoms with E-state index < -0.39 is 23.5 Å². The highest BCUT2D eigenvalue weighted by Gasteiger charge is 2.14. The maximum atomic E-state index is 12.8. The van der Waals surface area contributed by atoms with Crippen LogP contribution in [0, 0.1) is 12.7 Å². The quantitative estimate of drug-likeness (QED) is 0.748. The van der Waals surface area contributed by atoms with Gasteiger partial charge in [-0.25, -0.2) is 4.39 Å². The van der Waals surface area contributed by atoms with Crippen molar-refractivity contribution in [2.75, 3.05) is 17.2 Å².